The standard InChI is InChI=1S/C13H17F3N2S/c1-9-2-3-12(19-9)11(8-17)18-6-4-10(5-7-18)13(14,15)16/h2-4,11H,5-8,17H2,1H3. The zero-order valence-corrected chi connectivity index (χ0v) is 11.5. The molecule has 0 aromatic carbocycles. The van der Waals surface area contributed by atoms with Crippen LogP contribution in [0, 0.1) is 6.92 Å². The number of hydrogen-bond acceptors (Lipinski definition) is 3. The largest absolute Gasteiger partial charge is 0.412 e. The molecule has 0 spiro atoms. The minimum atomic E-state index is -4.19. The van der Waals surface area contributed by atoms with E-state index in [0.29, 0.717) is 19.6 Å². The predicted octanol–water partition coefficient (Wildman–Crippen LogP) is 3.25. The van der Waals surface area contributed by atoms with Crippen LogP contribution in [-0.4, -0.2) is 30.7 Å². The molecule has 1 aliphatic heterocycles. The zero-order chi connectivity index (χ0) is 14.0. The first-order valence-corrected chi connectivity index (χ1v) is 7.00. The van der Waals surface area contributed by atoms with Crippen LogP contribution in [0.2, 0.25) is 0 Å². The van der Waals surface area contributed by atoms with Crippen LogP contribution in [0.4, 0.5) is 13.2 Å². The van der Waals surface area contributed by atoms with Crippen molar-refractivity contribution < 1.29 is 13.2 Å². The number of alkyl halides is 3. The Morgan fingerprint density at radius 3 is 2.58 bits per heavy atom. The highest BCUT2D eigenvalue weighted by Gasteiger charge is 2.35. The predicted molar refractivity (Wildman–Crippen MR) is 71.2 cm³/mol. The summed E-state index contributed by atoms with van der Waals surface area (Å²) in [5, 5.41) is 0. The van der Waals surface area contributed by atoms with Gasteiger partial charge < -0.3 is 5.73 Å². The van der Waals surface area contributed by atoms with E-state index >= 15 is 0 Å². The third-order valence-corrected chi connectivity index (χ3v) is 4.46. The van der Waals surface area contributed by atoms with Crippen LogP contribution in [0.25, 0.3) is 0 Å². The second-order valence-corrected chi connectivity index (χ2v) is 5.99. The van der Waals surface area contributed by atoms with E-state index in [0.717, 1.165) is 4.88 Å². The second kappa shape index (κ2) is 5.64. The van der Waals surface area contributed by atoms with Crippen LogP contribution in [-0.2, 0) is 0 Å². The van der Waals surface area contributed by atoms with E-state index < -0.39 is 11.7 Å². The highest BCUT2D eigenvalue weighted by Crippen LogP contribution is 2.33. The molecular weight excluding hydrogens is 273 g/mol. The number of aryl methyl sites for hydroxylation is 1. The monoisotopic (exact) mass is 290 g/mol. The Balaban J connectivity index is 2.09. The molecule has 2 N–H and O–H groups in total. The average molecular weight is 290 g/mol. The van der Waals surface area contributed by atoms with Crippen molar-refractivity contribution >= 4 is 11.3 Å². The molecule has 0 saturated heterocycles. The van der Waals surface area contributed by atoms with E-state index in [9.17, 15) is 13.2 Å². The van der Waals surface area contributed by atoms with Crippen molar-refractivity contribution in [3.63, 3.8) is 0 Å². The molecule has 2 rings (SSSR count). The van der Waals surface area contributed by atoms with Crippen molar-refractivity contribution in [2.45, 2.75) is 25.6 Å². The maximum atomic E-state index is 12.6. The van der Waals surface area contributed by atoms with Gasteiger partial charge in [-0.2, -0.15) is 13.2 Å². The number of halogens is 3. The summed E-state index contributed by atoms with van der Waals surface area (Å²) in [5.74, 6) is 0. The zero-order valence-electron chi connectivity index (χ0n) is 10.7. The molecule has 106 valence electrons. The van der Waals surface area contributed by atoms with Gasteiger partial charge in [-0.3, -0.25) is 4.90 Å². The van der Waals surface area contributed by atoms with Crippen LogP contribution in [0.3, 0.4) is 0 Å². The fourth-order valence-corrected chi connectivity index (χ4v) is 3.33. The third-order valence-electron chi connectivity index (χ3n) is 3.36. The molecule has 19 heavy (non-hydrogen) atoms. The molecule has 2 nitrogen and oxygen atoms in total. The fraction of sp³-hybridized carbons (Fsp3) is 0.538. The SMILES string of the molecule is Cc1ccc(C(CN)N2CC=C(C(F)(F)F)CC2)s1. The minimum absolute atomic E-state index is 0.0183. The van der Waals surface area contributed by atoms with Crippen molar-refractivity contribution in [2.24, 2.45) is 5.73 Å². The Hall–Kier alpha value is -0.850. The van der Waals surface area contributed by atoms with Crippen LogP contribution < -0.4 is 5.73 Å². The quantitative estimate of drug-likeness (QED) is 0.866. The first kappa shape index (κ1) is 14.6. The van der Waals surface area contributed by atoms with Gasteiger partial charge in [-0.05, 0) is 25.5 Å². The van der Waals surface area contributed by atoms with Crippen molar-refractivity contribution in [3.8, 4) is 0 Å². The maximum Gasteiger partial charge on any atom is 0.412 e. The Morgan fingerprint density at radius 2 is 2.16 bits per heavy atom. The summed E-state index contributed by atoms with van der Waals surface area (Å²) in [7, 11) is 0. The van der Waals surface area contributed by atoms with Gasteiger partial charge in [-0.25, -0.2) is 0 Å². The highest BCUT2D eigenvalue weighted by atomic mass is 32.1. The van der Waals surface area contributed by atoms with Gasteiger partial charge in [0.25, 0.3) is 0 Å². The Bertz CT molecular complexity index is 465. The van der Waals surface area contributed by atoms with Gasteiger partial charge in [-0.15, -0.1) is 11.3 Å². The Kier molecular flexibility index (Phi) is 4.32. The summed E-state index contributed by atoms with van der Waals surface area (Å²) in [6, 6.07) is 4.05. The molecule has 1 aliphatic rings. The molecule has 0 bridgehead atoms. The number of rotatable bonds is 3. The number of nitrogens with zero attached hydrogens (tertiary/aromatic N) is 1. The molecule has 1 aromatic heterocycles. The van der Waals surface area contributed by atoms with Crippen molar-refractivity contribution in [1.29, 1.82) is 0 Å². The van der Waals surface area contributed by atoms with Gasteiger partial charge in [-0.1, -0.05) is 6.08 Å². The molecule has 2 heterocycles. The van der Waals surface area contributed by atoms with Crippen LogP contribution >= 0.6 is 11.3 Å². The van der Waals surface area contributed by atoms with E-state index in [-0.39, 0.29) is 12.5 Å². The number of nitrogens with two attached hydrogens (primary N) is 1. The first-order chi connectivity index (χ1) is 8.91. The van der Waals surface area contributed by atoms with E-state index in [1.54, 1.807) is 11.3 Å². The highest BCUT2D eigenvalue weighted by molar-refractivity contribution is 7.12. The molecule has 0 fully saturated rings. The van der Waals surface area contributed by atoms with Gasteiger partial charge in [0.1, 0.15) is 0 Å². The number of thiophene rings is 1. The molecular formula is C13H17F3N2S. The Morgan fingerprint density at radius 1 is 1.42 bits per heavy atom. The summed E-state index contributed by atoms with van der Waals surface area (Å²) >= 11 is 1.66. The average Bonchev–Trinajstić information content (AvgIpc) is 2.76. The number of hydrogen-bond donors (Lipinski definition) is 1. The third kappa shape index (κ3) is 3.38. The lowest BCUT2D eigenvalue weighted by Crippen LogP contribution is -2.38. The molecule has 1 aromatic rings. The van der Waals surface area contributed by atoms with Crippen LogP contribution in [0.1, 0.15) is 22.2 Å². The molecule has 6 heteroatoms. The fourth-order valence-electron chi connectivity index (χ4n) is 2.30. The summed E-state index contributed by atoms with van der Waals surface area (Å²) in [6.45, 7) is 3.16. The van der Waals surface area contributed by atoms with E-state index in [2.05, 4.69) is 0 Å². The topological polar surface area (TPSA) is 29.3 Å². The molecule has 1 atom stereocenters. The summed E-state index contributed by atoms with van der Waals surface area (Å²) < 4.78 is 37.7. The van der Waals surface area contributed by atoms with Gasteiger partial charge in [0.05, 0.1) is 6.04 Å². The lowest BCUT2D eigenvalue weighted by molar-refractivity contribution is -0.0963. The lowest BCUT2D eigenvalue weighted by Gasteiger charge is -2.33. The lowest BCUT2D eigenvalue weighted by atomic mass is 10.1. The summed E-state index contributed by atoms with van der Waals surface area (Å²) in [4.78, 5) is 4.33. The molecule has 0 aliphatic carbocycles. The van der Waals surface area contributed by atoms with E-state index in [1.165, 1.54) is 11.0 Å². The minimum Gasteiger partial charge on any atom is -0.329 e. The van der Waals surface area contributed by atoms with Gasteiger partial charge >= 0.3 is 6.18 Å². The molecule has 1 unspecified atom stereocenters. The smallest absolute Gasteiger partial charge is 0.329 e. The second-order valence-electron chi connectivity index (χ2n) is 4.67. The van der Waals surface area contributed by atoms with Crippen molar-refractivity contribution in [2.75, 3.05) is 19.6 Å². The van der Waals surface area contributed by atoms with Crippen molar-refractivity contribution in [3.05, 3.63) is 33.5 Å². The molecule has 0 saturated carbocycles. The Labute approximate surface area is 114 Å². The van der Waals surface area contributed by atoms with Crippen molar-refractivity contribution in [1.82, 2.24) is 4.90 Å². The first-order valence-electron chi connectivity index (χ1n) is 6.18. The molecule has 0 amide bonds. The molecule has 0 radical (unpaired) electrons. The summed E-state index contributed by atoms with van der Waals surface area (Å²) in [6.07, 6.45) is -2.86. The summed E-state index contributed by atoms with van der Waals surface area (Å²) in [5.41, 5.74) is 5.37. The van der Waals surface area contributed by atoms with Gasteiger partial charge in [0.2, 0.25) is 0 Å². The maximum absolute atomic E-state index is 12.6. The van der Waals surface area contributed by atoms with Gasteiger partial charge in [0, 0.05) is 35.0 Å². The normalized spacial score (nSPS) is 19.3. The van der Waals surface area contributed by atoms with E-state index in [1.807, 2.05) is 24.0 Å². The van der Waals surface area contributed by atoms with Crippen LogP contribution in [0.15, 0.2) is 23.8 Å². The van der Waals surface area contributed by atoms with Gasteiger partial charge in [0.15, 0.2) is 0 Å². The van der Waals surface area contributed by atoms with E-state index in [4.69, 9.17) is 5.73 Å². The van der Waals surface area contributed by atoms with Crippen LogP contribution in [0.5, 0.6) is 0 Å².